The number of thioether (sulfide) groups is 1. The Kier molecular flexibility index (Phi) is 7.68. The van der Waals surface area contributed by atoms with Crippen LogP contribution in [0.1, 0.15) is 19.3 Å². The van der Waals surface area contributed by atoms with Crippen molar-refractivity contribution >= 4 is 40.1 Å². The monoisotopic (exact) mass is 317 g/mol. The predicted octanol–water partition coefficient (Wildman–Crippen LogP) is 3.18. The molecule has 0 bridgehead atoms. The van der Waals surface area contributed by atoms with Gasteiger partial charge in [0.25, 0.3) is 0 Å². The number of hydrogen-bond donors (Lipinski definition) is 1. The molecule has 0 aromatic carbocycles. The number of guanidine groups is 1. The summed E-state index contributed by atoms with van der Waals surface area (Å²) in [5, 5.41) is 13.7. The van der Waals surface area contributed by atoms with Gasteiger partial charge in [-0.25, -0.2) is 5.01 Å². The molecule has 1 rings (SSSR count). The van der Waals surface area contributed by atoms with Crippen molar-refractivity contribution in [3.05, 3.63) is 12.7 Å². The summed E-state index contributed by atoms with van der Waals surface area (Å²) < 4.78 is 12.6. The minimum absolute atomic E-state index is 0.0448. The Morgan fingerprint density at radius 2 is 2.05 bits per heavy atom. The first-order chi connectivity index (χ1) is 9.62. The highest BCUT2D eigenvalue weighted by Gasteiger charge is 2.19. The second kappa shape index (κ2) is 9.02. The minimum Gasteiger partial charge on any atom is -0.341 e. The number of amidine groups is 1. The van der Waals surface area contributed by atoms with E-state index in [9.17, 15) is 3.89 Å². The lowest BCUT2D eigenvalue weighted by Crippen LogP contribution is -2.43. The van der Waals surface area contributed by atoms with Gasteiger partial charge in [-0.2, -0.15) is 14.0 Å². The van der Waals surface area contributed by atoms with Gasteiger partial charge in [-0.15, -0.1) is 0 Å². The quantitative estimate of drug-likeness (QED) is 0.483. The van der Waals surface area contributed by atoms with Crippen LogP contribution in [0.2, 0.25) is 0 Å². The largest absolute Gasteiger partial charge is 0.341 e. The summed E-state index contributed by atoms with van der Waals surface area (Å²) in [6.45, 7) is 5.28. The SMILES string of the molecule is C=C/C(=N\N(C)C(=NC(=N)SC)N1CCCCC1)SF. The Morgan fingerprint density at radius 3 is 2.55 bits per heavy atom. The number of aliphatic imine (C=N–C) groups is 1. The fourth-order valence-corrected chi connectivity index (χ4v) is 2.25. The summed E-state index contributed by atoms with van der Waals surface area (Å²) >= 11 is 1.30. The normalized spacial score (nSPS) is 17.1. The molecule has 0 amide bonds. The van der Waals surface area contributed by atoms with E-state index in [1.807, 2.05) is 0 Å². The fourth-order valence-electron chi connectivity index (χ4n) is 1.86. The topological polar surface area (TPSA) is 55.1 Å². The molecule has 1 fully saturated rings. The average molecular weight is 317 g/mol. The van der Waals surface area contributed by atoms with Crippen LogP contribution in [0.25, 0.3) is 0 Å². The van der Waals surface area contributed by atoms with E-state index in [1.165, 1.54) is 29.3 Å². The first kappa shape index (κ1) is 17.0. The zero-order valence-corrected chi connectivity index (χ0v) is 13.4. The van der Waals surface area contributed by atoms with Crippen LogP contribution in [0, 0.1) is 5.41 Å². The van der Waals surface area contributed by atoms with Crippen LogP contribution in [0.15, 0.2) is 22.7 Å². The highest BCUT2D eigenvalue weighted by molar-refractivity contribution is 8.13. The van der Waals surface area contributed by atoms with E-state index >= 15 is 0 Å². The van der Waals surface area contributed by atoms with Crippen LogP contribution in [-0.2, 0) is 0 Å². The number of hydrazone groups is 1. The summed E-state index contributed by atoms with van der Waals surface area (Å²) in [7, 11) is 1.71. The first-order valence-corrected chi connectivity index (χ1v) is 8.26. The third-order valence-corrected chi connectivity index (χ3v) is 3.71. The molecule has 0 radical (unpaired) electrons. The Bertz CT molecular complexity index is 405. The van der Waals surface area contributed by atoms with Crippen LogP contribution < -0.4 is 0 Å². The molecule has 0 aromatic rings. The second-order valence-corrected chi connectivity index (χ2v) is 5.58. The number of hydrogen-bond acceptors (Lipinski definition) is 4. The van der Waals surface area contributed by atoms with Crippen molar-refractivity contribution in [2.75, 3.05) is 26.4 Å². The summed E-state index contributed by atoms with van der Waals surface area (Å²) in [6, 6.07) is 0. The number of halogens is 1. The first-order valence-electron chi connectivity index (χ1n) is 6.32. The minimum atomic E-state index is 0.0448. The molecular formula is C12H20FN5S2. The van der Waals surface area contributed by atoms with Crippen LogP contribution in [0.5, 0.6) is 0 Å². The summed E-state index contributed by atoms with van der Waals surface area (Å²) in [6.07, 6.45) is 6.55. The third kappa shape index (κ3) is 5.16. The molecule has 0 unspecified atom stereocenters. The molecule has 1 aliphatic heterocycles. The van der Waals surface area contributed by atoms with Gasteiger partial charge in [0, 0.05) is 20.1 Å². The Labute approximate surface area is 128 Å². The molecule has 0 aromatic heterocycles. The highest BCUT2D eigenvalue weighted by Crippen LogP contribution is 2.14. The smallest absolute Gasteiger partial charge is 0.224 e. The zero-order valence-electron chi connectivity index (χ0n) is 11.8. The van der Waals surface area contributed by atoms with Gasteiger partial charge >= 0.3 is 0 Å². The van der Waals surface area contributed by atoms with Gasteiger partial charge in [-0.05, 0) is 31.6 Å². The molecular weight excluding hydrogens is 297 g/mol. The number of likely N-dealkylation sites (tertiary alicyclic amines) is 1. The van der Waals surface area contributed by atoms with Crippen molar-refractivity contribution in [1.82, 2.24) is 9.91 Å². The number of nitrogens with one attached hydrogen (secondary N) is 1. The molecule has 1 heterocycles. The number of rotatable bonds is 2. The third-order valence-electron chi connectivity index (χ3n) is 2.83. The van der Waals surface area contributed by atoms with Crippen LogP contribution in [-0.4, -0.2) is 52.5 Å². The van der Waals surface area contributed by atoms with E-state index in [4.69, 9.17) is 5.41 Å². The predicted molar refractivity (Wildman–Crippen MR) is 88.2 cm³/mol. The second-order valence-electron chi connectivity index (χ2n) is 4.21. The lowest BCUT2D eigenvalue weighted by atomic mass is 10.1. The highest BCUT2D eigenvalue weighted by atomic mass is 32.2. The average Bonchev–Trinajstić information content (AvgIpc) is 2.50. The molecule has 1 N–H and O–H groups in total. The maximum atomic E-state index is 12.6. The van der Waals surface area contributed by atoms with Crippen molar-refractivity contribution in [2.24, 2.45) is 10.1 Å². The van der Waals surface area contributed by atoms with Crippen LogP contribution >= 0.6 is 23.9 Å². The molecule has 1 aliphatic rings. The summed E-state index contributed by atoms with van der Waals surface area (Å²) in [5.74, 6) is 0.581. The van der Waals surface area contributed by atoms with Crippen LogP contribution in [0.4, 0.5) is 3.89 Å². The van der Waals surface area contributed by atoms with Gasteiger partial charge in [-0.3, -0.25) is 5.41 Å². The zero-order chi connectivity index (χ0) is 15.0. The van der Waals surface area contributed by atoms with Crippen molar-refractivity contribution in [2.45, 2.75) is 19.3 Å². The van der Waals surface area contributed by atoms with E-state index in [-0.39, 0.29) is 22.4 Å². The van der Waals surface area contributed by atoms with Crippen molar-refractivity contribution < 1.29 is 3.89 Å². The lowest BCUT2D eigenvalue weighted by molar-refractivity contribution is 0.301. The number of piperidine rings is 1. The number of nitrogens with zero attached hydrogens (tertiary/aromatic N) is 4. The van der Waals surface area contributed by atoms with Gasteiger partial charge in [0.2, 0.25) is 5.96 Å². The maximum Gasteiger partial charge on any atom is 0.224 e. The van der Waals surface area contributed by atoms with Crippen molar-refractivity contribution in [3.63, 3.8) is 0 Å². The maximum absolute atomic E-state index is 12.6. The molecule has 20 heavy (non-hydrogen) atoms. The molecule has 112 valence electrons. The van der Waals surface area contributed by atoms with Gasteiger partial charge in [0.1, 0.15) is 17.2 Å². The van der Waals surface area contributed by atoms with E-state index in [0.29, 0.717) is 5.96 Å². The van der Waals surface area contributed by atoms with Gasteiger partial charge in [0.05, 0.1) is 0 Å². The molecule has 0 saturated carbocycles. The Morgan fingerprint density at radius 1 is 1.40 bits per heavy atom. The van der Waals surface area contributed by atoms with E-state index in [2.05, 4.69) is 21.6 Å². The molecule has 1 saturated heterocycles. The molecule has 0 aliphatic carbocycles. The van der Waals surface area contributed by atoms with E-state index in [1.54, 1.807) is 13.3 Å². The Balaban J connectivity index is 2.97. The van der Waals surface area contributed by atoms with Gasteiger partial charge in [-0.1, -0.05) is 18.3 Å². The van der Waals surface area contributed by atoms with E-state index in [0.717, 1.165) is 25.9 Å². The molecule has 0 atom stereocenters. The van der Waals surface area contributed by atoms with Crippen molar-refractivity contribution in [3.8, 4) is 0 Å². The molecule has 5 nitrogen and oxygen atoms in total. The Hall–Kier alpha value is -1.02. The van der Waals surface area contributed by atoms with Gasteiger partial charge < -0.3 is 4.90 Å². The molecule has 0 spiro atoms. The molecule has 8 heteroatoms. The summed E-state index contributed by atoms with van der Waals surface area (Å²) in [4.78, 5) is 6.37. The lowest BCUT2D eigenvalue weighted by Gasteiger charge is -2.32. The fraction of sp³-hybridized carbons (Fsp3) is 0.583. The van der Waals surface area contributed by atoms with Crippen LogP contribution in [0.3, 0.4) is 0 Å². The van der Waals surface area contributed by atoms with Gasteiger partial charge in [0.15, 0.2) is 5.17 Å². The summed E-state index contributed by atoms with van der Waals surface area (Å²) in [5.41, 5.74) is 0. The van der Waals surface area contributed by atoms with Crippen molar-refractivity contribution in [1.29, 1.82) is 5.41 Å². The standard InChI is InChI=1S/C12H20FN5S2/c1-4-10(20-13)16-17(2)12(15-11(14)19-3)18-8-6-5-7-9-18/h4,14H,1,5-9H2,2-3H3/b14-11?,15-12?,16-10+. The van der Waals surface area contributed by atoms with E-state index < -0.39 is 0 Å².